The maximum atomic E-state index is 12.7. The van der Waals surface area contributed by atoms with Gasteiger partial charge in [0, 0.05) is 16.0 Å². The lowest BCUT2D eigenvalue weighted by Crippen LogP contribution is -2.23. The van der Waals surface area contributed by atoms with Gasteiger partial charge in [0.05, 0.1) is 32.2 Å². The molecule has 0 aliphatic heterocycles. The van der Waals surface area contributed by atoms with E-state index in [0.717, 1.165) is 26.7 Å². The fraction of sp³-hybridized carbons (Fsp3) is 0.174. The second-order valence-corrected chi connectivity index (χ2v) is 7.89. The van der Waals surface area contributed by atoms with E-state index in [1.807, 2.05) is 49.4 Å². The number of thiazole rings is 1. The largest absolute Gasteiger partial charge is 0.497 e. The third-order valence-electron chi connectivity index (χ3n) is 4.83. The van der Waals surface area contributed by atoms with Crippen molar-refractivity contribution in [3.8, 4) is 33.3 Å². The summed E-state index contributed by atoms with van der Waals surface area (Å²) in [6, 6.07) is 17.1. The van der Waals surface area contributed by atoms with Crippen LogP contribution in [0.1, 0.15) is 21.1 Å². The Morgan fingerprint density at radius 3 is 2.65 bits per heavy atom. The maximum absolute atomic E-state index is 12.7. The van der Waals surface area contributed by atoms with Crippen molar-refractivity contribution >= 4 is 17.2 Å². The molecule has 0 saturated heterocycles. The predicted molar refractivity (Wildman–Crippen MR) is 121 cm³/mol. The molecule has 1 amide bonds. The number of benzene rings is 2. The highest BCUT2D eigenvalue weighted by atomic mass is 32.1. The van der Waals surface area contributed by atoms with Crippen molar-refractivity contribution in [2.75, 3.05) is 14.2 Å². The van der Waals surface area contributed by atoms with Crippen LogP contribution in [-0.4, -0.2) is 35.3 Å². The Labute approximate surface area is 184 Å². The quantitative estimate of drug-likeness (QED) is 0.448. The number of nitrogens with one attached hydrogen (secondary N) is 2. The summed E-state index contributed by atoms with van der Waals surface area (Å²) in [4.78, 5) is 18.3. The lowest BCUT2D eigenvalue weighted by atomic mass is 10.1. The second-order valence-electron chi connectivity index (χ2n) is 6.81. The number of amides is 1. The molecule has 7 nitrogen and oxygen atoms in total. The first-order valence-corrected chi connectivity index (χ1v) is 10.5. The van der Waals surface area contributed by atoms with Gasteiger partial charge in [0.25, 0.3) is 5.91 Å². The van der Waals surface area contributed by atoms with E-state index in [4.69, 9.17) is 9.47 Å². The first-order chi connectivity index (χ1) is 15.1. The number of hydrogen-bond donors (Lipinski definition) is 2. The van der Waals surface area contributed by atoms with Gasteiger partial charge in [0.2, 0.25) is 0 Å². The van der Waals surface area contributed by atoms with Crippen LogP contribution in [0.5, 0.6) is 11.5 Å². The van der Waals surface area contributed by atoms with Crippen molar-refractivity contribution in [1.82, 2.24) is 20.5 Å². The van der Waals surface area contributed by atoms with Gasteiger partial charge in [0.1, 0.15) is 22.2 Å². The number of methoxy groups -OCH3 is 2. The van der Waals surface area contributed by atoms with E-state index in [9.17, 15) is 4.79 Å². The van der Waals surface area contributed by atoms with Crippen LogP contribution in [0, 0.1) is 6.92 Å². The van der Waals surface area contributed by atoms with E-state index in [0.29, 0.717) is 29.4 Å². The molecule has 0 fully saturated rings. The van der Waals surface area contributed by atoms with Crippen molar-refractivity contribution in [3.05, 3.63) is 70.9 Å². The molecule has 4 rings (SSSR count). The minimum Gasteiger partial charge on any atom is -0.497 e. The van der Waals surface area contributed by atoms with Gasteiger partial charge in [-0.2, -0.15) is 5.10 Å². The summed E-state index contributed by atoms with van der Waals surface area (Å²) in [7, 11) is 3.19. The Hall–Kier alpha value is -3.65. The van der Waals surface area contributed by atoms with Crippen molar-refractivity contribution in [3.63, 3.8) is 0 Å². The van der Waals surface area contributed by atoms with Crippen LogP contribution in [0.15, 0.2) is 54.6 Å². The molecule has 0 radical (unpaired) electrons. The van der Waals surface area contributed by atoms with Crippen LogP contribution >= 0.6 is 11.3 Å². The summed E-state index contributed by atoms with van der Waals surface area (Å²) < 4.78 is 10.7. The second kappa shape index (κ2) is 9.01. The topological polar surface area (TPSA) is 89.1 Å². The third-order valence-corrected chi connectivity index (χ3v) is 6.03. The highest BCUT2D eigenvalue weighted by molar-refractivity contribution is 7.15. The van der Waals surface area contributed by atoms with E-state index in [2.05, 4.69) is 20.5 Å². The molecule has 2 aromatic carbocycles. The van der Waals surface area contributed by atoms with Crippen molar-refractivity contribution in [2.45, 2.75) is 13.5 Å². The highest BCUT2D eigenvalue weighted by Gasteiger charge is 2.16. The normalized spacial score (nSPS) is 10.7. The molecule has 0 saturated carbocycles. The lowest BCUT2D eigenvalue weighted by molar-refractivity contribution is 0.0946. The van der Waals surface area contributed by atoms with E-state index in [1.54, 1.807) is 37.7 Å². The van der Waals surface area contributed by atoms with E-state index in [1.165, 1.54) is 0 Å². The predicted octanol–water partition coefficient (Wildman–Crippen LogP) is 4.46. The van der Waals surface area contributed by atoms with Crippen LogP contribution in [0.3, 0.4) is 0 Å². The molecule has 0 spiro atoms. The summed E-state index contributed by atoms with van der Waals surface area (Å²) in [5.74, 6) is 1.09. The SMILES string of the molecule is COc1ccc(OC)c(-c2cc(C(=O)NCc3sc(-c4ccccc4)nc3C)[nH]n2)c1. The van der Waals surface area contributed by atoms with Crippen LogP contribution in [0.2, 0.25) is 0 Å². The Bertz CT molecular complexity index is 1200. The molecule has 2 heterocycles. The summed E-state index contributed by atoms with van der Waals surface area (Å²) in [6.45, 7) is 2.35. The molecule has 8 heteroatoms. The Kier molecular flexibility index (Phi) is 5.99. The number of aryl methyl sites for hydroxylation is 1. The summed E-state index contributed by atoms with van der Waals surface area (Å²) in [6.07, 6.45) is 0. The van der Waals surface area contributed by atoms with Gasteiger partial charge in [-0.05, 0) is 31.2 Å². The van der Waals surface area contributed by atoms with Crippen molar-refractivity contribution < 1.29 is 14.3 Å². The van der Waals surface area contributed by atoms with Gasteiger partial charge >= 0.3 is 0 Å². The van der Waals surface area contributed by atoms with Gasteiger partial charge in [-0.15, -0.1) is 11.3 Å². The number of carbonyl (C=O) groups is 1. The molecule has 0 atom stereocenters. The Morgan fingerprint density at radius 1 is 1.10 bits per heavy atom. The van der Waals surface area contributed by atoms with Crippen LogP contribution in [0.25, 0.3) is 21.8 Å². The first-order valence-electron chi connectivity index (χ1n) is 9.66. The van der Waals surface area contributed by atoms with Crippen molar-refractivity contribution in [1.29, 1.82) is 0 Å². The van der Waals surface area contributed by atoms with E-state index in [-0.39, 0.29) is 5.91 Å². The Morgan fingerprint density at radius 2 is 1.90 bits per heavy atom. The molecule has 31 heavy (non-hydrogen) atoms. The van der Waals surface area contributed by atoms with Gasteiger partial charge in [-0.25, -0.2) is 4.98 Å². The van der Waals surface area contributed by atoms with Crippen LogP contribution in [0.4, 0.5) is 0 Å². The molecule has 0 bridgehead atoms. The first kappa shape index (κ1) is 20.6. The smallest absolute Gasteiger partial charge is 0.269 e. The number of aromatic nitrogens is 3. The zero-order valence-electron chi connectivity index (χ0n) is 17.4. The van der Waals surface area contributed by atoms with Gasteiger partial charge in [-0.1, -0.05) is 30.3 Å². The lowest BCUT2D eigenvalue weighted by Gasteiger charge is -2.08. The zero-order chi connectivity index (χ0) is 21.8. The fourth-order valence-electron chi connectivity index (χ4n) is 3.14. The number of carbonyl (C=O) groups excluding carboxylic acids is 1. The molecular formula is C23H22N4O3S. The summed E-state index contributed by atoms with van der Waals surface area (Å²) >= 11 is 1.58. The monoisotopic (exact) mass is 434 g/mol. The molecule has 4 aromatic rings. The number of H-pyrrole nitrogens is 1. The maximum Gasteiger partial charge on any atom is 0.269 e. The molecule has 0 aliphatic rings. The fourth-order valence-corrected chi connectivity index (χ4v) is 4.15. The summed E-state index contributed by atoms with van der Waals surface area (Å²) in [5.41, 5.74) is 3.68. The number of aromatic amines is 1. The van der Waals surface area contributed by atoms with E-state index < -0.39 is 0 Å². The van der Waals surface area contributed by atoms with Crippen LogP contribution < -0.4 is 14.8 Å². The number of ether oxygens (including phenoxy) is 2. The van der Waals surface area contributed by atoms with Crippen molar-refractivity contribution in [2.24, 2.45) is 0 Å². The van der Waals surface area contributed by atoms with Gasteiger partial charge < -0.3 is 14.8 Å². The highest BCUT2D eigenvalue weighted by Crippen LogP contribution is 2.32. The minimum atomic E-state index is -0.241. The number of nitrogens with zero attached hydrogens (tertiary/aromatic N) is 2. The number of rotatable bonds is 7. The minimum absolute atomic E-state index is 0.241. The molecule has 0 aliphatic carbocycles. The van der Waals surface area contributed by atoms with Crippen LogP contribution in [-0.2, 0) is 6.54 Å². The molecule has 2 aromatic heterocycles. The zero-order valence-corrected chi connectivity index (χ0v) is 18.2. The summed E-state index contributed by atoms with van der Waals surface area (Å²) in [5, 5.41) is 11.0. The average molecular weight is 435 g/mol. The van der Waals surface area contributed by atoms with Gasteiger partial charge in [0.15, 0.2) is 0 Å². The van der Waals surface area contributed by atoms with Gasteiger partial charge in [-0.3, -0.25) is 9.89 Å². The standard InChI is InChI=1S/C23H22N4O3S/c1-14-21(31-23(25-14)15-7-5-4-6-8-15)13-24-22(28)19-12-18(26-27-19)17-11-16(29-2)9-10-20(17)30-3/h4-12H,13H2,1-3H3,(H,24,28)(H,26,27). The number of hydrogen-bond acceptors (Lipinski definition) is 6. The Balaban J connectivity index is 1.48. The molecule has 2 N–H and O–H groups in total. The molecule has 0 unspecified atom stereocenters. The molecule has 158 valence electrons. The van der Waals surface area contributed by atoms with E-state index >= 15 is 0 Å². The average Bonchev–Trinajstić information content (AvgIpc) is 3.45. The third kappa shape index (κ3) is 4.44. The molecular weight excluding hydrogens is 412 g/mol.